The first-order valence-electron chi connectivity index (χ1n) is 9.66. The van der Waals surface area contributed by atoms with E-state index in [4.69, 9.17) is 4.74 Å². The Morgan fingerprint density at radius 1 is 1.12 bits per heavy atom. The molecule has 3 aromatic rings. The van der Waals surface area contributed by atoms with Gasteiger partial charge in [0.25, 0.3) is 11.8 Å². The van der Waals surface area contributed by atoms with Gasteiger partial charge in [-0.05, 0) is 18.2 Å². The van der Waals surface area contributed by atoms with Gasteiger partial charge in [0, 0.05) is 36.5 Å². The molecule has 1 fully saturated rings. The Labute approximate surface area is 180 Å². The first kappa shape index (κ1) is 21.5. The highest BCUT2D eigenvalue weighted by Gasteiger charge is 2.40. The topological polar surface area (TPSA) is 67.3 Å². The second-order valence-electron chi connectivity index (χ2n) is 7.23. The quantitative estimate of drug-likeness (QED) is 0.584. The molecule has 1 aliphatic rings. The Kier molecular flexibility index (Phi) is 5.68. The van der Waals surface area contributed by atoms with E-state index in [0.29, 0.717) is 0 Å². The fourth-order valence-corrected chi connectivity index (χ4v) is 3.52. The number of amides is 1. The number of aromatic nitrogens is 2. The second kappa shape index (κ2) is 8.45. The number of rotatable bonds is 5. The Morgan fingerprint density at radius 3 is 2.56 bits per heavy atom. The molecule has 0 atom stereocenters. The molecule has 0 saturated carbocycles. The number of anilines is 2. The zero-order valence-corrected chi connectivity index (χ0v) is 16.9. The molecular formula is C22H18F4N4O2. The average Bonchev–Trinajstić information content (AvgIpc) is 3.13. The summed E-state index contributed by atoms with van der Waals surface area (Å²) in [6.07, 6.45) is 2.09. The lowest BCUT2D eigenvalue weighted by atomic mass is 10.0. The van der Waals surface area contributed by atoms with Crippen LogP contribution in [-0.2, 0) is 0 Å². The number of ether oxygens (including phenoxy) is 1. The molecule has 4 rings (SSSR count). The van der Waals surface area contributed by atoms with E-state index in [1.54, 1.807) is 6.07 Å². The van der Waals surface area contributed by atoms with Crippen molar-refractivity contribution in [3.8, 4) is 17.0 Å². The monoisotopic (exact) mass is 446 g/mol. The maximum atomic E-state index is 14.5. The van der Waals surface area contributed by atoms with Crippen LogP contribution >= 0.6 is 0 Å². The SMILES string of the molecule is COc1ncc(C(=O)Nc2c(-c3ccccc3F)ccnc2N2CCC(F)(F)C2)cc1F. The molecule has 1 aromatic carbocycles. The number of nitrogens with one attached hydrogen (secondary N) is 1. The largest absolute Gasteiger partial charge is 0.479 e. The summed E-state index contributed by atoms with van der Waals surface area (Å²) in [7, 11) is 1.24. The molecule has 0 bridgehead atoms. The predicted octanol–water partition coefficient (Wildman–Crippen LogP) is 4.53. The van der Waals surface area contributed by atoms with Gasteiger partial charge in [0.15, 0.2) is 11.6 Å². The van der Waals surface area contributed by atoms with Gasteiger partial charge in [-0.15, -0.1) is 0 Å². The second-order valence-corrected chi connectivity index (χ2v) is 7.23. The van der Waals surface area contributed by atoms with E-state index in [0.717, 1.165) is 12.3 Å². The van der Waals surface area contributed by atoms with Crippen LogP contribution in [0.2, 0.25) is 0 Å². The molecule has 10 heteroatoms. The van der Waals surface area contributed by atoms with Crippen molar-refractivity contribution in [1.82, 2.24) is 9.97 Å². The van der Waals surface area contributed by atoms with Crippen LogP contribution < -0.4 is 15.0 Å². The van der Waals surface area contributed by atoms with Gasteiger partial charge in [-0.1, -0.05) is 18.2 Å². The summed E-state index contributed by atoms with van der Waals surface area (Å²) in [4.78, 5) is 22.1. The van der Waals surface area contributed by atoms with Crippen LogP contribution in [0.1, 0.15) is 16.8 Å². The zero-order chi connectivity index (χ0) is 22.9. The molecule has 1 amide bonds. The van der Waals surface area contributed by atoms with E-state index >= 15 is 0 Å². The highest BCUT2D eigenvalue weighted by Crippen LogP contribution is 2.39. The summed E-state index contributed by atoms with van der Waals surface area (Å²) >= 11 is 0. The van der Waals surface area contributed by atoms with Crippen molar-refractivity contribution >= 4 is 17.4 Å². The van der Waals surface area contributed by atoms with E-state index < -0.39 is 30.0 Å². The minimum absolute atomic E-state index is 0.00230. The average molecular weight is 446 g/mol. The number of hydrogen-bond donors (Lipinski definition) is 1. The van der Waals surface area contributed by atoms with Gasteiger partial charge in [0.05, 0.1) is 24.9 Å². The van der Waals surface area contributed by atoms with E-state index in [9.17, 15) is 22.4 Å². The summed E-state index contributed by atoms with van der Waals surface area (Å²) in [5.74, 6) is -5.31. The molecule has 6 nitrogen and oxygen atoms in total. The van der Waals surface area contributed by atoms with Crippen LogP contribution in [0.15, 0.2) is 48.8 Å². The first-order valence-corrected chi connectivity index (χ1v) is 9.66. The molecule has 166 valence electrons. The highest BCUT2D eigenvalue weighted by atomic mass is 19.3. The van der Waals surface area contributed by atoms with E-state index in [1.807, 2.05) is 0 Å². The summed E-state index contributed by atoms with van der Waals surface area (Å²) in [6, 6.07) is 8.26. The Bertz CT molecular complexity index is 1170. The standard InChI is InChI=1S/C22H18F4N4O2/c1-32-21-17(24)10-13(11-28-21)20(31)29-18-15(14-4-2-3-5-16(14)23)6-8-27-19(18)30-9-7-22(25,26)12-30/h2-6,8,10-11H,7,9,12H2,1H3,(H,29,31). The van der Waals surface area contributed by atoms with Crippen molar-refractivity contribution < 1.29 is 27.1 Å². The van der Waals surface area contributed by atoms with Gasteiger partial charge >= 0.3 is 0 Å². The van der Waals surface area contributed by atoms with Crippen molar-refractivity contribution in [1.29, 1.82) is 0 Å². The van der Waals surface area contributed by atoms with E-state index in [-0.39, 0.29) is 47.0 Å². The number of pyridine rings is 2. The Balaban J connectivity index is 1.78. The van der Waals surface area contributed by atoms with Gasteiger partial charge in [-0.3, -0.25) is 4.79 Å². The van der Waals surface area contributed by atoms with Crippen LogP contribution in [0.3, 0.4) is 0 Å². The molecule has 0 aliphatic carbocycles. The van der Waals surface area contributed by atoms with Crippen LogP contribution in [0.5, 0.6) is 5.88 Å². The first-order chi connectivity index (χ1) is 15.3. The molecule has 0 radical (unpaired) electrons. The lowest BCUT2D eigenvalue weighted by Crippen LogP contribution is -2.27. The van der Waals surface area contributed by atoms with Crippen molar-refractivity contribution in [3.05, 3.63) is 66.0 Å². The number of alkyl halides is 2. The molecule has 32 heavy (non-hydrogen) atoms. The minimum Gasteiger partial charge on any atom is -0.479 e. The number of halogens is 4. The van der Waals surface area contributed by atoms with Crippen molar-refractivity contribution in [2.75, 3.05) is 30.4 Å². The normalized spacial score (nSPS) is 15.0. The summed E-state index contributed by atoms with van der Waals surface area (Å²) in [6.45, 7) is -0.593. The summed E-state index contributed by atoms with van der Waals surface area (Å²) in [5, 5.41) is 2.59. The number of hydrogen-bond acceptors (Lipinski definition) is 5. The maximum absolute atomic E-state index is 14.5. The zero-order valence-electron chi connectivity index (χ0n) is 16.9. The lowest BCUT2D eigenvalue weighted by Gasteiger charge is -2.23. The Hall–Kier alpha value is -3.69. The summed E-state index contributed by atoms with van der Waals surface area (Å²) < 4.78 is 61.1. The molecule has 1 N–H and O–H groups in total. The third kappa shape index (κ3) is 4.20. The number of carbonyl (C=O) groups is 1. The fourth-order valence-electron chi connectivity index (χ4n) is 3.52. The summed E-state index contributed by atoms with van der Waals surface area (Å²) in [5.41, 5.74) is 0.302. The van der Waals surface area contributed by atoms with Gasteiger partial charge in [0.1, 0.15) is 5.82 Å². The highest BCUT2D eigenvalue weighted by molar-refractivity contribution is 6.08. The molecule has 0 spiro atoms. The number of benzene rings is 1. The molecule has 0 unspecified atom stereocenters. The van der Waals surface area contributed by atoms with Gasteiger partial charge in [-0.25, -0.2) is 27.5 Å². The Morgan fingerprint density at radius 2 is 1.91 bits per heavy atom. The van der Waals surface area contributed by atoms with Crippen LogP contribution in [0, 0.1) is 11.6 Å². The molecular weight excluding hydrogens is 428 g/mol. The number of carbonyl (C=O) groups excluding carboxylic acids is 1. The number of methoxy groups -OCH3 is 1. The number of nitrogens with zero attached hydrogens (tertiary/aromatic N) is 3. The fraction of sp³-hybridized carbons (Fsp3) is 0.227. The third-order valence-electron chi connectivity index (χ3n) is 5.07. The molecule has 3 heterocycles. The minimum atomic E-state index is -2.92. The van der Waals surface area contributed by atoms with E-state index in [1.165, 1.54) is 42.5 Å². The van der Waals surface area contributed by atoms with Gasteiger partial charge < -0.3 is 15.0 Å². The molecule has 1 saturated heterocycles. The van der Waals surface area contributed by atoms with Gasteiger partial charge in [0.2, 0.25) is 5.88 Å². The van der Waals surface area contributed by atoms with Crippen molar-refractivity contribution in [2.24, 2.45) is 0 Å². The maximum Gasteiger partial charge on any atom is 0.266 e. The van der Waals surface area contributed by atoms with Crippen LogP contribution in [-0.4, -0.2) is 42.0 Å². The van der Waals surface area contributed by atoms with Crippen LogP contribution in [0.4, 0.5) is 29.1 Å². The predicted molar refractivity (Wildman–Crippen MR) is 110 cm³/mol. The molecule has 1 aliphatic heterocycles. The lowest BCUT2D eigenvalue weighted by molar-refractivity contribution is 0.0257. The van der Waals surface area contributed by atoms with Crippen LogP contribution in [0.25, 0.3) is 11.1 Å². The smallest absolute Gasteiger partial charge is 0.266 e. The van der Waals surface area contributed by atoms with Crippen molar-refractivity contribution in [2.45, 2.75) is 12.3 Å². The molecule has 2 aromatic heterocycles. The van der Waals surface area contributed by atoms with E-state index in [2.05, 4.69) is 15.3 Å². The van der Waals surface area contributed by atoms with Crippen molar-refractivity contribution in [3.63, 3.8) is 0 Å². The van der Waals surface area contributed by atoms with Gasteiger partial charge in [-0.2, -0.15) is 0 Å². The third-order valence-corrected chi connectivity index (χ3v) is 5.07.